The van der Waals surface area contributed by atoms with Gasteiger partial charge in [0.25, 0.3) is 5.91 Å². The first-order valence-electron chi connectivity index (χ1n) is 7.45. The molecule has 0 bridgehead atoms. The van der Waals surface area contributed by atoms with Crippen molar-refractivity contribution in [3.63, 3.8) is 0 Å². The predicted octanol–water partition coefficient (Wildman–Crippen LogP) is 1.59. The molecule has 0 aromatic heterocycles. The summed E-state index contributed by atoms with van der Waals surface area (Å²) in [5.74, 6) is 0.369. The van der Waals surface area contributed by atoms with Gasteiger partial charge in [0.2, 0.25) is 0 Å². The van der Waals surface area contributed by atoms with Crippen LogP contribution in [0.25, 0.3) is 0 Å². The van der Waals surface area contributed by atoms with E-state index in [0.717, 1.165) is 12.1 Å². The third kappa shape index (κ3) is 2.42. The van der Waals surface area contributed by atoms with E-state index in [4.69, 9.17) is 0 Å². The van der Waals surface area contributed by atoms with Crippen molar-refractivity contribution < 1.29 is 9.59 Å². The summed E-state index contributed by atoms with van der Waals surface area (Å²) >= 11 is 0. The minimum absolute atomic E-state index is 0.106. The lowest BCUT2D eigenvalue weighted by atomic mass is 9.98. The van der Waals surface area contributed by atoms with Gasteiger partial charge in [0.05, 0.1) is 6.54 Å². The van der Waals surface area contributed by atoms with Crippen LogP contribution in [0.4, 0.5) is 4.79 Å². The third-order valence-corrected chi connectivity index (χ3v) is 4.39. The summed E-state index contributed by atoms with van der Waals surface area (Å²) in [6.07, 6.45) is 0.667. The lowest BCUT2D eigenvalue weighted by molar-refractivity contribution is -0.131. The van der Waals surface area contributed by atoms with Gasteiger partial charge in [-0.1, -0.05) is 38.1 Å². The van der Waals surface area contributed by atoms with Crippen LogP contribution in [0.2, 0.25) is 0 Å². The van der Waals surface area contributed by atoms with E-state index in [1.807, 2.05) is 12.1 Å². The summed E-state index contributed by atoms with van der Waals surface area (Å²) in [5.41, 5.74) is 1.52. The van der Waals surface area contributed by atoms with Crippen molar-refractivity contribution in [2.45, 2.75) is 38.3 Å². The van der Waals surface area contributed by atoms with E-state index in [-0.39, 0.29) is 11.9 Å². The minimum atomic E-state index is -0.713. The zero-order chi connectivity index (χ0) is 15.0. The van der Waals surface area contributed by atoms with Crippen LogP contribution in [-0.2, 0) is 11.3 Å². The number of carbonyl (C=O) groups is 2. The molecule has 1 aromatic rings. The second-order valence-corrected chi connectivity index (χ2v) is 6.23. The minimum Gasteiger partial charge on any atom is -0.322 e. The summed E-state index contributed by atoms with van der Waals surface area (Å²) in [7, 11) is 0. The van der Waals surface area contributed by atoms with E-state index in [0.29, 0.717) is 25.4 Å². The standard InChI is InChI=1S/C16H21N3O2/c1-11(2)13-5-3-12(4-6-13)9-19-14(20)16(18-15(19)21)7-8-17-10-16/h3-6,11,17H,7-10H2,1-2H3,(H,18,21). The first-order chi connectivity index (χ1) is 10.0. The Balaban J connectivity index is 1.75. The number of imide groups is 1. The molecule has 21 heavy (non-hydrogen) atoms. The van der Waals surface area contributed by atoms with Crippen LogP contribution in [-0.4, -0.2) is 35.5 Å². The van der Waals surface area contributed by atoms with Gasteiger partial charge >= 0.3 is 6.03 Å². The first-order valence-corrected chi connectivity index (χ1v) is 7.45. The molecule has 5 nitrogen and oxygen atoms in total. The smallest absolute Gasteiger partial charge is 0.322 e. The van der Waals surface area contributed by atoms with Gasteiger partial charge in [-0.3, -0.25) is 9.69 Å². The Kier molecular flexibility index (Phi) is 3.45. The Morgan fingerprint density at radius 2 is 1.95 bits per heavy atom. The molecule has 2 fully saturated rings. The molecule has 2 saturated heterocycles. The van der Waals surface area contributed by atoms with Crippen molar-refractivity contribution in [2.75, 3.05) is 13.1 Å². The summed E-state index contributed by atoms with van der Waals surface area (Å²) in [6, 6.07) is 7.83. The van der Waals surface area contributed by atoms with Gasteiger partial charge in [0.1, 0.15) is 5.54 Å². The maximum absolute atomic E-state index is 12.5. The van der Waals surface area contributed by atoms with Gasteiger partial charge in [-0.2, -0.15) is 0 Å². The molecule has 2 aliphatic rings. The van der Waals surface area contributed by atoms with Crippen molar-refractivity contribution in [2.24, 2.45) is 0 Å². The van der Waals surface area contributed by atoms with E-state index in [1.54, 1.807) is 0 Å². The third-order valence-electron chi connectivity index (χ3n) is 4.39. The molecule has 1 unspecified atom stereocenters. The van der Waals surface area contributed by atoms with E-state index < -0.39 is 5.54 Å². The molecule has 1 spiro atoms. The van der Waals surface area contributed by atoms with E-state index in [9.17, 15) is 9.59 Å². The zero-order valence-corrected chi connectivity index (χ0v) is 12.5. The molecular weight excluding hydrogens is 266 g/mol. The lowest BCUT2D eigenvalue weighted by Gasteiger charge is -2.19. The maximum Gasteiger partial charge on any atom is 0.325 e. The highest BCUT2D eigenvalue weighted by Crippen LogP contribution is 2.26. The Morgan fingerprint density at radius 3 is 2.52 bits per heavy atom. The van der Waals surface area contributed by atoms with Crippen LogP contribution < -0.4 is 10.6 Å². The largest absolute Gasteiger partial charge is 0.325 e. The van der Waals surface area contributed by atoms with Crippen LogP contribution in [0.5, 0.6) is 0 Å². The Labute approximate surface area is 124 Å². The van der Waals surface area contributed by atoms with Crippen LogP contribution in [0.15, 0.2) is 24.3 Å². The molecule has 1 atom stereocenters. The number of urea groups is 1. The topological polar surface area (TPSA) is 61.4 Å². The quantitative estimate of drug-likeness (QED) is 0.830. The van der Waals surface area contributed by atoms with Crippen LogP contribution >= 0.6 is 0 Å². The van der Waals surface area contributed by atoms with Crippen molar-refractivity contribution in [1.29, 1.82) is 0 Å². The van der Waals surface area contributed by atoms with Crippen molar-refractivity contribution >= 4 is 11.9 Å². The predicted molar refractivity (Wildman–Crippen MR) is 79.8 cm³/mol. The molecule has 0 aliphatic carbocycles. The van der Waals surface area contributed by atoms with Crippen LogP contribution in [0.3, 0.4) is 0 Å². The second kappa shape index (κ2) is 5.15. The summed E-state index contributed by atoms with van der Waals surface area (Å²) in [6.45, 7) is 5.92. The average Bonchev–Trinajstić information content (AvgIpc) is 3.01. The molecule has 0 radical (unpaired) electrons. The number of carbonyl (C=O) groups excluding carboxylic acids is 2. The Hall–Kier alpha value is -1.88. The molecule has 1 aromatic carbocycles. The highest BCUT2D eigenvalue weighted by atomic mass is 16.2. The molecule has 2 aliphatic heterocycles. The number of amides is 3. The average molecular weight is 287 g/mol. The van der Waals surface area contributed by atoms with Gasteiger partial charge in [0.15, 0.2) is 0 Å². The van der Waals surface area contributed by atoms with Gasteiger partial charge in [-0.25, -0.2) is 4.79 Å². The molecule has 3 amide bonds. The van der Waals surface area contributed by atoms with Gasteiger partial charge < -0.3 is 10.6 Å². The number of nitrogens with zero attached hydrogens (tertiary/aromatic N) is 1. The fourth-order valence-electron chi connectivity index (χ4n) is 2.99. The number of benzene rings is 1. The molecule has 3 rings (SSSR count). The first kappa shape index (κ1) is 14.1. The van der Waals surface area contributed by atoms with Crippen LogP contribution in [0, 0.1) is 0 Å². The fourth-order valence-corrected chi connectivity index (χ4v) is 2.99. The van der Waals surface area contributed by atoms with Gasteiger partial charge in [-0.15, -0.1) is 0 Å². The number of hydrogen-bond acceptors (Lipinski definition) is 3. The van der Waals surface area contributed by atoms with E-state index in [2.05, 4.69) is 36.6 Å². The SMILES string of the molecule is CC(C)c1ccc(CN2C(=O)NC3(CCNC3)C2=O)cc1. The summed E-state index contributed by atoms with van der Waals surface area (Å²) < 4.78 is 0. The van der Waals surface area contributed by atoms with Crippen molar-refractivity contribution in [3.05, 3.63) is 35.4 Å². The Morgan fingerprint density at radius 1 is 1.24 bits per heavy atom. The maximum atomic E-state index is 12.5. The number of nitrogens with one attached hydrogen (secondary N) is 2. The highest BCUT2D eigenvalue weighted by Gasteiger charge is 2.52. The van der Waals surface area contributed by atoms with Crippen molar-refractivity contribution in [3.8, 4) is 0 Å². The molecule has 2 heterocycles. The monoisotopic (exact) mass is 287 g/mol. The molecule has 0 saturated carbocycles. The number of rotatable bonds is 3. The van der Waals surface area contributed by atoms with Gasteiger partial charge in [0, 0.05) is 6.54 Å². The zero-order valence-electron chi connectivity index (χ0n) is 12.5. The summed E-state index contributed by atoms with van der Waals surface area (Å²) in [4.78, 5) is 25.9. The van der Waals surface area contributed by atoms with E-state index in [1.165, 1.54) is 10.5 Å². The molecule has 2 N–H and O–H groups in total. The summed E-state index contributed by atoms with van der Waals surface area (Å²) in [5, 5.41) is 6.00. The highest BCUT2D eigenvalue weighted by molar-refractivity contribution is 6.07. The fraction of sp³-hybridized carbons (Fsp3) is 0.500. The second-order valence-electron chi connectivity index (χ2n) is 6.23. The van der Waals surface area contributed by atoms with Crippen molar-refractivity contribution in [1.82, 2.24) is 15.5 Å². The molecule has 5 heteroatoms. The molecule has 112 valence electrons. The van der Waals surface area contributed by atoms with Crippen LogP contribution in [0.1, 0.15) is 37.3 Å². The molecular formula is C16H21N3O2. The van der Waals surface area contributed by atoms with Gasteiger partial charge in [-0.05, 0) is 30.0 Å². The normalized spacial score (nSPS) is 25.2. The lowest BCUT2D eigenvalue weighted by Crippen LogP contribution is -2.48. The Bertz CT molecular complexity index is 559. The van der Waals surface area contributed by atoms with E-state index >= 15 is 0 Å². The number of hydrogen-bond donors (Lipinski definition) is 2.